The van der Waals surface area contributed by atoms with Crippen LogP contribution in [0.3, 0.4) is 0 Å². The van der Waals surface area contributed by atoms with Crippen molar-refractivity contribution >= 4 is 16.6 Å². The Morgan fingerprint density at radius 1 is 1.17 bits per heavy atom. The fraction of sp³-hybridized carbons (Fsp3) is 0.357. The molecule has 4 heteroatoms. The summed E-state index contributed by atoms with van der Waals surface area (Å²) in [7, 11) is 0. The summed E-state index contributed by atoms with van der Waals surface area (Å²) in [4.78, 5) is 6.88. The Morgan fingerprint density at radius 2 is 1.89 bits per heavy atom. The van der Waals surface area contributed by atoms with Crippen LogP contribution in [-0.4, -0.2) is 31.3 Å². The number of benzene rings is 1. The van der Waals surface area contributed by atoms with Crippen molar-refractivity contribution in [1.29, 1.82) is 0 Å². The molecule has 0 bridgehead atoms. The summed E-state index contributed by atoms with van der Waals surface area (Å²) in [5, 5.41) is 2.39. The quantitative estimate of drug-likeness (QED) is 0.869. The molecule has 18 heavy (non-hydrogen) atoms. The molecule has 1 aromatic carbocycles. The molecule has 1 aromatic heterocycles. The predicted molar refractivity (Wildman–Crippen MR) is 72.7 cm³/mol. The predicted octanol–water partition coefficient (Wildman–Crippen LogP) is 1.53. The van der Waals surface area contributed by atoms with Crippen LogP contribution in [0.15, 0.2) is 30.5 Å². The smallest absolute Gasteiger partial charge is 0.136 e. The fourth-order valence-electron chi connectivity index (χ4n) is 2.43. The normalized spacial score (nSPS) is 16.2. The molecule has 0 spiro atoms. The topological polar surface area (TPSA) is 51.4 Å². The maximum atomic E-state index is 5.77. The number of ether oxygens (including phenoxy) is 1. The SMILES string of the molecule is NCc1cnc(N2CCOCC2)c2ccccc12. The van der Waals surface area contributed by atoms with Gasteiger partial charge >= 0.3 is 0 Å². The summed E-state index contributed by atoms with van der Waals surface area (Å²) in [5.41, 5.74) is 6.87. The number of fused-ring (bicyclic) bond motifs is 1. The van der Waals surface area contributed by atoms with Gasteiger partial charge in [-0.3, -0.25) is 0 Å². The minimum Gasteiger partial charge on any atom is -0.378 e. The zero-order valence-electron chi connectivity index (χ0n) is 10.3. The van der Waals surface area contributed by atoms with Gasteiger partial charge in [-0.1, -0.05) is 24.3 Å². The first kappa shape index (κ1) is 11.4. The Bertz CT molecular complexity index is 550. The van der Waals surface area contributed by atoms with Crippen molar-refractivity contribution in [2.24, 2.45) is 5.73 Å². The van der Waals surface area contributed by atoms with E-state index in [0.29, 0.717) is 6.54 Å². The lowest BCUT2D eigenvalue weighted by molar-refractivity contribution is 0.122. The standard InChI is InChI=1S/C14H17N3O/c15-9-11-10-16-14(17-5-7-18-8-6-17)13-4-2-1-3-12(11)13/h1-4,10H,5-9,15H2. The highest BCUT2D eigenvalue weighted by molar-refractivity contribution is 5.94. The molecule has 2 aromatic rings. The van der Waals surface area contributed by atoms with Gasteiger partial charge in [0.15, 0.2) is 0 Å². The minimum atomic E-state index is 0.525. The monoisotopic (exact) mass is 243 g/mol. The van der Waals surface area contributed by atoms with Gasteiger partial charge in [-0.2, -0.15) is 0 Å². The molecular weight excluding hydrogens is 226 g/mol. The van der Waals surface area contributed by atoms with Crippen molar-refractivity contribution in [2.45, 2.75) is 6.54 Å². The van der Waals surface area contributed by atoms with Gasteiger partial charge in [0.05, 0.1) is 13.2 Å². The third-order valence-electron chi connectivity index (χ3n) is 3.39. The zero-order valence-corrected chi connectivity index (χ0v) is 10.3. The first-order chi connectivity index (χ1) is 8.90. The van der Waals surface area contributed by atoms with E-state index in [1.54, 1.807) is 0 Å². The summed E-state index contributed by atoms with van der Waals surface area (Å²) in [6.45, 7) is 3.87. The second-order valence-corrected chi connectivity index (χ2v) is 4.46. The number of morpholine rings is 1. The van der Waals surface area contributed by atoms with Crippen molar-refractivity contribution in [3.63, 3.8) is 0 Å². The molecule has 1 fully saturated rings. The highest BCUT2D eigenvalue weighted by Crippen LogP contribution is 2.27. The van der Waals surface area contributed by atoms with E-state index < -0.39 is 0 Å². The van der Waals surface area contributed by atoms with E-state index in [9.17, 15) is 0 Å². The molecule has 0 unspecified atom stereocenters. The number of aromatic nitrogens is 1. The van der Waals surface area contributed by atoms with Gasteiger partial charge < -0.3 is 15.4 Å². The van der Waals surface area contributed by atoms with Crippen molar-refractivity contribution < 1.29 is 4.74 Å². The largest absolute Gasteiger partial charge is 0.378 e. The number of pyridine rings is 1. The van der Waals surface area contributed by atoms with E-state index in [-0.39, 0.29) is 0 Å². The van der Waals surface area contributed by atoms with E-state index in [1.807, 2.05) is 18.3 Å². The van der Waals surface area contributed by atoms with Crippen LogP contribution in [0, 0.1) is 0 Å². The van der Waals surface area contributed by atoms with Gasteiger partial charge in [0, 0.05) is 31.2 Å². The maximum absolute atomic E-state index is 5.77. The third-order valence-corrected chi connectivity index (χ3v) is 3.39. The van der Waals surface area contributed by atoms with Crippen LogP contribution in [0.4, 0.5) is 5.82 Å². The molecule has 0 saturated carbocycles. The molecule has 0 aliphatic carbocycles. The van der Waals surface area contributed by atoms with Gasteiger partial charge in [0.2, 0.25) is 0 Å². The van der Waals surface area contributed by atoms with Gasteiger partial charge in [-0.25, -0.2) is 4.98 Å². The summed E-state index contributed by atoms with van der Waals surface area (Å²) in [6, 6.07) is 8.33. The Morgan fingerprint density at radius 3 is 2.61 bits per heavy atom. The average molecular weight is 243 g/mol. The van der Waals surface area contributed by atoms with E-state index in [0.717, 1.165) is 37.7 Å². The maximum Gasteiger partial charge on any atom is 0.136 e. The molecule has 0 radical (unpaired) electrons. The summed E-state index contributed by atoms with van der Waals surface area (Å²) in [5.74, 6) is 1.05. The number of hydrogen-bond donors (Lipinski definition) is 1. The molecule has 1 saturated heterocycles. The van der Waals surface area contributed by atoms with Crippen molar-refractivity contribution in [2.75, 3.05) is 31.2 Å². The van der Waals surface area contributed by atoms with Crippen molar-refractivity contribution in [3.05, 3.63) is 36.0 Å². The van der Waals surface area contributed by atoms with Crippen LogP contribution in [0.25, 0.3) is 10.8 Å². The van der Waals surface area contributed by atoms with E-state index in [4.69, 9.17) is 10.5 Å². The number of anilines is 1. The molecule has 1 aliphatic heterocycles. The molecule has 2 heterocycles. The van der Waals surface area contributed by atoms with E-state index >= 15 is 0 Å². The first-order valence-electron chi connectivity index (χ1n) is 6.29. The van der Waals surface area contributed by atoms with Crippen LogP contribution in [0.1, 0.15) is 5.56 Å². The summed E-state index contributed by atoms with van der Waals surface area (Å²) in [6.07, 6.45) is 1.90. The van der Waals surface area contributed by atoms with Gasteiger partial charge in [-0.05, 0) is 10.9 Å². The molecule has 4 nitrogen and oxygen atoms in total. The molecule has 3 rings (SSSR count). The minimum absolute atomic E-state index is 0.525. The van der Waals surface area contributed by atoms with Gasteiger partial charge in [0.25, 0.3) is 0 Å². The Balaban J connectivity index is 2.12. The number of nitrogens with zero attached hydrogens (tertiary/aromatic N) is 2. The Labute approximate surface area is 106 Å². The molecule has 2 N–H and O–H groups in total. The zero-order chi connectivity index (χ0) is 12.4. The fourth-order valence-corrected chi connectivity index (χ4v) is 2.43. The average Bonchev–Trinajstić information content (AvgIpc) is 2.47. The highest BCUT2D eigenvalue weighted by Gasteiger charge is 2.15. The number of hydrogen-bond acceptors (Lipinski definition) is 4. The highest BCUT2D eigenvalue weighted by atomic mass is 16.5. The molecule has 0 atom stereocenters. The molecular formula is C14H17N3O. The lowest BCUT2D eigenvalue weighted by Gasteiger charge is -2.29. The second kappa shape index (κ2) is 4.92. The van der Waals surface area contributed by atoms with Crippen LogP contribution >= 0.6 is 0 Å². The first-order valence-corrected chi connectivity index (χ1v) is 6.29. The van der Waals surface area contributed by atoms with Crippen molar-refractivity contribution in [3.8, 4) is 0 Å². The molecule has 94 valence electrons. The van der Waals surface area contributed by atoms with Crippen LogP contribution in [0.2, 0.25) is 0 Å². The lowest BCUT2D eigenvalue weighted by Crippen LogP contribution is -2.36. The lowest BCUT2D eigenvalue weighted by atomic mass is 10.1. The third kappa shape index (κ3) is 1.94. The molecule has 1 aliphatic rings. The van der Waals surface area contributed by atoms with Crippen molar-refractivity contribution in [1.82, 2.24) is 4.98 Å². The summed E-state index contributed by atoms with van der Waals surface area (Å²) < 4.78 is 5.39. The van der Waals surface area contributed by atoms with Gasteiger partial charge in [-0.15, -0.1) is 0 Å². The summed E-state index contributed by atoms with van der Waals surface area (Å²) >= 11 is 0. The number of nitrogens with two attached hydrogens (primary N) is 1. The Hall–Kier alpha value is -1.65. The number of rotatable bonds is 2. The van der Waals surface area contributed by atoms with E-state index in [1.165, 1.54) is 10.8 Å². The van der Waals surface area contributed by atoms with E-state index in [2.05, 4.69) is 22.0 Å². The second-order valence-electron chi connectivity index (χ2n) is 4.46. The van der Waals surface area contributed by atoms with Crippen LogP contribution < -0.4 is 10.6 Å². The molecule has 0 amide bonds. The van der Waals surface area contributed by atoms with Gasteiger partial charge in [0.1, 0.15) is 5.82 Å². The Kier molecular flexibility index (Phi) is 3.13. The van der Waals surface area contributed by atoms with Crippen LogP contribution in [-0.2, 0) is 11.3 Å². The van der Waals surface area contributed by atoms with Crippen LogP contribution in [0.5, 0.6) is 0 Å².